The van der Waals surface area contributed by atoms with Crippen LogP contribution in [0, 0.1) is 5.92 Å². The third-order valence-electron chi connectivity index (χ3n) is 5.78. The minimum absolute atomic E-state index is 0.00965. The lowest BCUT2D eigenvalue weighted by molar-refractivity contribution is -0.131. The molecule has 2 heterocycles. The number of fused-ring (bicyclic) bond motifs is 3. The van der Waals surface area contributed by atoms with E-state index in [1.54, 1.807) is 23.1 Å². The number of aromatic amines is 1. The van der Waals surface area contributed by atoms with Crippen LogP contribution in [0.3, 0.4) is 0 Å². The zero-order valence-corrected chi connectivity index (χ0v) is 17.1. The third-order valence-corrected chi connectivity index (χ3v) is 7.94. The van der Waals surface area contributed by atoms with Crippen molar-refractivity contribution < 1.29 is 4.79 Å². The Kier molecular flexibility index (Phi) is 4.76. The maximum Gasteiger partial charge on any atom is 0.259 e. The summed E-state index contributed by atoms with van der Waals surface area (Å²) in [6.07, 6.45) is 8.78. The first kappa shape index (κ1) is 17.7. The first-order valence-corrected chi connectivity index (χ1v) is 12.1. The summed E-state index contributed by atoms with van der Waals surface area (Å²) < 4.78 is 0. The van der Waals surface area contributed by atoms with E-state index in [4.69, 9.17) is 0 Å². The van der Waals surface area contributed by atoms with Gasteiger partial charge in [-0.15, -0.1) is 11.3 Å². The van der Waals surface area contributed by atoms with Gasteiger partial charge < -0.3 is 9.88 Å². The number of carbonyl (C=O) groups excluding carboxylic acids is 1. The summed E-state index contributed by atoms with van der Waals surface area (Å²) in [7, 11) is 0. The summed E-state index contributed by atoms with van der Waals surface area (Å²) in [6, 6.07) is 0.518. The van der Waals surface area contributed by atoms with E-state index >= 15 is 0 Å². The van der Waals surface area contributed by atoms with Gasteiger partial charge in [-0.3, -0.25) is 9.59 Å². The van der Waals surface area contributed by atoms with Gasteiger partial charge in [-0.1, -0.05) is 0 Å². The lowest BCUT2D eigenvalue weighted by Gasteiger charge is -2.22. The first-order chi connectivity index (χ1) is 13.2. The Morgan fingerprint density at radius 1 is 1.26 bits per heavy atom. The van der Waals surface area contributed by atoms with Crippen molar-refractivity contribution in [1.82, 2.24) is 14.9 Å². The second-order valence-electron chi connectivity index (χ2n) is 8.07. The van der Waals surface area contributed by atoms with Gasteiger partial charge in [0.1, 0.15) is 10.7 Å². The fourth-order valence-corrected chi connectivity index (χ4v) is 6.08. The molecule has 0 saturated heterocycles. The number of thioether (sulfide) groups is 1. The van der Waals surface area contributed by atoms with Gasteiger partial charge in [0.05, 0.1) is 11.1 Å². The van der Waals surface area contributed by atoms with Crippen molar-refractivity contribution in [3.63, 3.8) is 0 Å². The highest BCUT2D eigenvalue weighted by Gasteiger charge is 2.36. The van der Waals surface area contributed by atoms with Crippen molar-refractivity contribution >= 4 is 39.2 Å². The summed E-state index contributed by atoms with van der Waals surface area (Å²) in [6.45, 7) is 0.975. The van der Waals surface area contributed by atoms with Crippen molar-refractivity contribution in [3.8, 4) is 0 Å². The minimum atomic E-state index is 0.00965. The lowest BCUT2D eigenvalue weighted by atomic mass is 10.2. The number of carbonyl (C=O) groups is 1. The Balaban J connectivity index is 1.17. The van der Waals surface area contributed by atoms with Gasteiger partial charge in [0.2, 0.25) is 5.91 Å². The molecule has 0 aliphatic heterocycles. The number of nitrogens with one attached hydrogen (secondary N) is 1. The highest BCUT2D eigenvalue weighted by molar-refractivity contribution is 7.98. The molecular weight excluding hydrogens is 378 g/mol. The Labute approximate surface area is 166 Å². The zero-order valence-electron chi connectivity index (χ0n) is 15.5. The molecule has 3 aliphatic rings. The number of amides is 1. The third kappa shape index (κ3) is 3.81. The molecule has 0 bridgehead atoms. The number of H-pyrrole nitrogens is 1. The normalized spacial score (nSPS) is 18.8. The van der Waals surface area contributed by atoms with Crippen molar-refractivity contribution in [1.29, 1.82) is 0 Å². The van der Waals surface area contributed by atoms with Crippen molar-refractivity contribution in [3.05, 3.63) is 26.6 Å². The van der Waals surface area contributed by atoms with E-state index in [1.165, 1.54) is 36.1 Å². The molecule has 0 aromatic carbocycles. The van der Waals surface area contributed by atoms with E-state index in [1.807, 2.05) is 0 Å². The number of aromatic nitrogens is 2. The number of hydrogen-bond acceptors (Lipinski definition) is 5. The Morgan fingerprint density at radius 3 is 2.89 bits per heavy atom. The molecule has 0 atom stereocenters. The topological polar surface area (TPSA) is 66.1 Å². The van der Waals surface area contributed by atoms with Crippen LogP contribution in [0.15, 0.2) is 4.79 Å². The molecule has 7 heteroatoms. The van der Waals surface area contributed by atoms with E-state index in [9.17, 15) is 9.59 Å². The fourth-order valence-electron chi connectivity index (χ4n) is 4.01. The number of aryl methyl sites for hydroxylation is 2. The van der Waals surface area contributed by atoms with Crippen LogP contribution < -0.4 is 5.56 Å². The number of rotatable bonds is 8. The van der Waals surface area contributed by atoms with Crippen LogP contribution in [0.25, 0.3) is 10.2 Å². The average Bonchev–Trinajstić information content (AvgIpc) is 3.55. The molecule has 3 aliphatic carbocycles. The number of hydrogen-bond donors (Lipinski definition) is 1. The van der Waals surface area contributed by atoms with Crippen LogP contribution in [0.4, 0.5) is 0 Å². The predicted molar refractivity (Wildman–Crippen MR) is 111 cm³/mol. The molecule has 2 fully saturated rings. The Hall–Kier alpha value is -1.34. The number of nitrogens with zero attached hydrogens (tertiary/aromatic N) is 2. The molecule has 1 amide bonds. The summed E-state index contributed by atoms with van der Waals surface area (Å²) in [5.74, 6) is 3.25. The molecule has 0 radical (unpaired) electrons. The first-order valence-electron chi connectivity index (χ1n) is 10.1. The van der Waals surface area contributed by atoms with Crippen LogP contribution in [0.2, 0.25) is 0 Å². The Morgan fingerprint density at radius 2 is 2.11 bits per heavy atom. The highest BCUT2D eigenvalue weighted by atomic mass is 32.2. The van der Waals surface area contributed by atoms with Crippen LogP contribution in [0.5, 0.6) is 0 Å². The van der Waals surface area contributed by atoms with Gasteiger partial charge in [0.25, 0.3) is 5.56 Å². The van der Waals surface area contributed by atoms with Crippen LogP contribution in [-0.2, 0) is 23.4 Å². The Bertz CT molecular complexity index is 927. The second kappa shape index (κ2) is 7.24. The van der Waals surface area contributed by atoms with E-state index in [-0.39, 0.29) is 5.56 Å². The molecule has 27 heavy (non-hydrogen) atoms. The summed E-state index contributed by atoms with van der Waals surface area (Å²) >= 11 is 3.37. The molecule has 144 valence electrons. The largest absolute Gasteiger partial charge is 0.339 e. The summed E-state index contributed by atoms with van der Waals surface area (Å²) in [5.41, 5.74) is 1.24. The smallest absolute Gasteiger partial charge is 0.259 e. The maximum atomic E-state index is 12.5. The molecule has 2 aromatic heterocycles. The monoisotopic (exact) mass is 403 g/mol. The predicted octanol–water partition coefficient (Wildman–Crippen LogP) is 3.50. The van der Waals surface area contributed by atoms with Gasteiger partial charge in [-0.2, -0.15) is 11.8 Å². The van der Waals surface area contributed by atoms with E-state index < -0.39 is 0 Å². The lowest BCUT2D eigenvalue weighted by Crippen LogP contribution is -2.35. The molecule has 0 unspecified atom stereocenters. The van der Waals surface area contributed by atoms with E-state index in [0.717, 1.165) is 53.5 Å². The maximum absolute atomic E-state index is 12.5. The molecule has 2 saturated carbocycles. The molecule has 2 aromatic rings. The van der Waals surface area contributed by atoms with Gasteiger partial charge in [-0.25, -0.2) is 4.98 Å². The molecular formula is C20H25N3O2S2. The van der Waals surface area contributed by atoms with Crippen molar-refractivity contribution in [2.75, 3.05) is 12.3 Å². The molecule has 5 nitrogen and oxygen atoms in total. The van der Waals surface area contributed by atoms with E-state index in [0.29, 0.717) is 24.1 Å². The van der Waals surface area contributed by atoms with Crippen LogP contribution in [0.1, 0.15) is 54.8 Å². The van der Waals surface area contributed by atoms with Gasteiger partial charge >= 0.3 is 0 Å². The quantitative estimate of drug-likeness (QED) is 0.685. The summed E-state index contributed by atoms with van der Waals surface area (Å²) in [5, 5.41) is 0.816. The summed E-state index contributed by atoms with van der Waals surface area (Å²) in [4.78, 5) is 37.0. The van der Waals surface area contributed by atoms with E-state index in [2.05, 4.69) is 14.9 Å². The average molecular weight is 404 g/mol. The SMILES string of the molecule is O=C(CCSCc1nc2sc3c(c2c(=O)[nH]1)CCC3)N(CC1CC1)C1CC1. The van der Waals surface area contributed by atoms with Crippen LogP contribution in [-0.4, -0.2) is 39.1 Å². The standard InChI is InChI=1S/C20H25N3O2S2/c24-17(23(13-6-7-13)10-12-4-5-12)8-9-26-11-16-21-19(25)18-14-2-1-3-15(14)27-20(18)22-16/h12-13H,1-11H2,(H,21,22,25). The molecule has 0 spiro atoms. The van der Waals surface area contributed by atoms with Gasteiger partial charge in [0, 0.05) is 29.6 Å². The van der Waals surface area contributed by atoms with Crippen molar-refractivity contribution in [2.45, 2.75) is 63.2 Å². The molecule has 1 N–H and O–H groups in total. The highest BCUT2D eigenvalue weighted by Crippen LogP contribution is 2.36. The zero-order chi connectivity index (χ0) is 18.4. The van der Waals surface area contributed by atoms with Crippen molar-refractivity contribution in [2.24, 2.45) is 5.92 Å². The second-order valence-corrected chi connectivity index (χ2v) is 10.3. The molecule has 5 rings (SSSR count). The van der Waals surface area contributed by atoms with Crippen LogP contribution >= 0.6 is 23.1 Å². The number of thiophene rings is 1. The van der Waals surface area contributed by atoms with Gasteiger partial charge in [0.15, 0.2) is 0 Å². The fraction of sp³-hybridized carbons (Fsp3) is 0.650. The van der Waals surface area contributed by atoms with Gasteiger partial charge in [-0.05, 0) is 56.4 Å². The minimum Gasteiger partial charge on any atom is -0.339 e.